The van der Waals surface area contributed by atoms with Gasteiger partial charge in [0.1, 0.15) is 6.04 Å². The van der Waals surface area contributed by atoms with Gasteiger partial charge in [-0.3, -0.25) is 14.4 Å². The lowest BCUT2D eigenvalue weighted by Crippen LogP contribution is -2.46. The number of hydrogen-bond acceptors (Lipinski definition) is 3. The van der Waals surface area contributed by atoms with Gasteiger partial charge < -0.3 is 15.1 Å². The number of hydrogen-bond donors (Lipinski definition) is 1. The second-order valence-corrected chi connectivity index (χ2v) is 7.46. The Labute approximate surface area is 132 Å². The maximum Gasteiger partial charge on any atom is 0.245 e. The number of carbonyl (C=O) groups is 3. The van der Waals surface area contributed by atoms with Crippen molar-refractivity contribution in [3.8, 4) is 0 Å². The second-order valence-electron chi connectivity index (χ2n) is 7.46. The quantitative estimate of drug-likeness (QED) is 0.819. The van der Waals surface area contributed by atoms with E-state index in [9.17, 15) is 14.4 Å². The molecule has 1 atom stereocenters. The van der Waals surface area contributed by atoms with Gasteiger partial charge in [0.05, 0.1) is 0 Å². The maximum absolute atomic E-state index is 12.4. The summed E-state index contributed by atoms with van der Waals surface area (Å²) < 4.78 is 0. The van der Waals surface area contributed by atoms with Crippen molar-refractivity contribution in [2.45, 2.75) is 52.5 Å². The van der Waals surface area contributed by atoms with Crippen LogP contribution >= 0.6 is 0 Å². The van der Waals surface area contributed by atoms with Crippen LogP contribution in [0.4, 0.5) is 0 Å². The van der Waals surface area contributed by atoms with E-state index in [1.54, 1.807) is 4.90 Å². The molecule has 2 aliphatic heterocycles. The van der Waals surface area contributed by atoms with E-state index in [4.69, 9.17) is 0 Å². The summed E-state index contributed by atoms with van der Waals surface area (Å²) in [4.78, 5) is 39.6. The molecule has 6 heteroatoms. The molecule has 2 rings (SSSR count). The second kappa shape index (κ2) is 6.67. The summed E-state index contributed by atoms with van der Waals surface area (Å²) in [5, 5.41) is 2.73. The third-order valence-corrected chi connectivity index (χ3v) is 4.14. The smallest absolute Gasteiger partial charge is 0.245 e. The van der Waals surface area contributed by atoms with Crippen molar-refractivity contribution in [3.05, 3.63) is 0 Å². The predicted octanol–water partition coefficient (Wildman–Crippen LogP) is 0.762. The third kappa shape index (κ3) is 4.45. The third-order valence-electron chi connectivity index (χ3n) is 4.14. The van der Waals surface area contributed by atoms with E-state index < -0.39 is 0 Å². The summed E-state index contributed by atoms with van der Waals surface area (Å²) in [7, 11) is 0. The highest BCUT2D eigenvalue weighted by atomic mass is 16.2. The molecule has 0 radical (unpaired) electrons. The van der Waals surface area contributed by atoms with Gasteiger partial charge in [-0.05, 0) is 18.3 Å². The molecule has 2 saturated heterocycles. The van der Waals surface area contributed by atoms with Crippen LogP contribution in [0.15, 0.2) is 0 Å². The van der Waals surface area contributed by atoms with E-state index in [1.807, 2.05) is 4.90 Å². The highest BCUT2D eigenvalue weighted by molar-refractivity contribution is 5.90. The first kappa shape index (κ1) is 16.8. The van der Waals surface area contributed by atoms with Crippen molar-refractivity contribution < 1.29 is 14.4 Å². The molecular weight excluding hydrogens is 282 g/mol. The first-order valence-electron chi connectivity index (χ1n) is 8.12. The Morgan fingerprint density at radius 3 is 2.36 bits per heavy atom. The van der Waals surface area contributed by atoms with Crippen LogP contribution in [-0.4, -0.2) is 59.7 Å². The number of nitrogens with zero attached hydrogens (tertiary/aromatic N) is 2. The number of rotatable bonds is 2. The fourth-order valence-electron chi connectivity index (χ4n) is 2.97. The van der Waals surface area contributed by atoms with Gasteiger partial charge in [-0.2, -0.15) is 0 Å². The molecule has 22 heavy (non-hydrogen) atoms. The van der Waals surface area contributed by atoms with Gasteiger partial charge in [0.15, 0.2) is 0 Å². The predicted molar refractivity (Wildman–Crippen MR) is 83.0 cm³/mol. The molecule has 124 valence electrons. The van der Waals surface area contributed by atoms with Crippen molar-refractivity contribution in [2.75, 3.05) is 26.2 Å². The minimum Gasteiger partial charge on any atom is -0.344 e. The van der Waals surface area contributed by atoms with Crippen LogP contribution in [0.5, 0.6) is 0 Å². The molecule has 2 heterocycles. The Hall–Kier alpha value is -1.59. The molecule has 2 fully saturated rings. The van der Waals surface area contributed by atoms with Gasteiger partial charge >= 0.3 is 0 Å². The van der Waals surface area contributed by atoms with Gasteiger partial charge in [-0.25, -0.2) is 0 Å². The van der Waals surface area contributed by atoms with E-state index in [0.717, 1.165) is 6.42 Å². The summed E-state index contributed by atoms with van der Waals surface area (Å²) in [5.41, 5.74) is -0.0208. The molecular formula is C16H27N3O3. The van der Waals surface area contributed by atoms with Gasteiger partial charge in [0, 0.05) is 39.0 Å². The van der Waals surface area contributed by atoms with Gasteiger partial charge in [0.2, 0.25) is 17.7 Å². The summed E-state index contributed by atoms with van der Waals surface area (Å²) in [6, 6.07) is -0.371. The Balaban J connectivity index is 1.88. The van der Waals surface area contributed by atoms with E-state index in [2.05, 4.69) is 26.1 Å². The summed E-state index contributed by atoms with van der Waals surface area (Å²) in [6.07, 6.45) is 2.34. The molecule has 2 aliphatic rings. The monoisotopic (exact) mass is 309 g/mol. The van der Waals surface area contributed by atoms with E-state index in [-0.39, 0.29) is 29.2 Å². The Kier molecular flexibility index (Phi) is 5.08. The topological polar surface area (TPSA) is 69.7 Å². The fourth-order valence-corrected chi connectivity index (χ4v) is 2.97. The maximum atomic E-state index is 12.4. The minimum atomic E-state index is -0.371. The van der Waals surface area contributed by atoms with Crippen LogP contribution in [0, 0.1) is 5.41 Å². The van der Waals surface area contributed by atoms with E-state index in [0.29, 0.717) is 45.4 Å². The minimum absolute atomic E-state index is 0.00373. The summed E-state index contributed by atoms with van der Waals surface area (Å²) >= 11 is 0. The highest BCUT2D eigenvalue weighted by Gasteiger charge is 2.32. The number of amides is 3. The lowest BCUT2D eigenvalue weighted by molar-refractivity contribution is -0.135. The normalized spacial score (nSPS) is 23.2. The van der Waals surface area contributed by atoms with Gasteiger partial charge in [-0.15, -0.1) is 0 Å². The molecule has 1 unspecified atom stereocenters. The molecule has 0 aromatic heterocycles. The van der Waals surface area contributed by atoms with Crippen LogP contribution in [0.25, 0.3) is 0 Å². The highest BCUT2D eigenvalue weighted by Crippen LogP contribution is 2.20. The van der Waals surface area contributed by atoms with Crippen molar-refractivity contribution in [2.24, 2.45) is 5.41 Å². The lowest BCUT2D eigenvalue weighted by atomic mass is 9.91. The lowest BCUT2D eigenvalue weighted by Gasteiger charge is -2.26. The molecule has 0 aromatic carbocycles. The average Bonchev–Trinajstić information content (AvgIpc) is 2.70. The summed E-state index contributed by atoms with van der Waals surface area (Å²) in [5.74, 6) is 0.113. The standard InChI is InChI=1S/C16H27N3O3/c1-16(2,3)11-14(21)18-7-4-8-19(10-9-18)15(22)12-5-6-13(20)17-12/h12H,4-11H2,1-3H3,(H,17,20). The Bertz CT molecular complexity index is 456. The molecule has 0 bridgehead atoms. The largest absolute Gasteiger partial charge is 0.344 e. The Morgan fingerprint density at radius 2 is 1.77 bits per heavy atom. The zero-order chi connectivity index (χ0) is 16.3. The van der Waals surface area contributed by atoms with Crippen molar-refractivity contribution in [1.82, 2.24) is 15.1 Å². The van der Waals surface area contributed by atoms with Crippen molar-refractivity contribution >= 4 is 17.7 Å². The molecule has 3 amide bonds. The molecule has 0 saturated carbocycles. The van der Waals surface area contributed by atoms with Gasteiger partial charge in [-0.1, -0.05) is 20.8 Å². The van der Waals surface area contributed by atoms with Gasteiger partial charge in [0.25, 0.3) is 0 Å². The fraction of sp³-hybridized carbons (Fsp3) is 0.812. The summed E-state index contributed by atoms with van der Waals surface area (Å²) in [6.45, 7) is 8.67. The van der Waals surface area contributed by atoms with E-state index in [1.165, 1.54) is 0 Å². The molecule has 0 aromatic rings. The average molecular weight is 309 g/mol. The molecule has 6 nitrogen and oxygen atoms in total. The van der Waals surface area contributed by atoms with Crippen LogP contribution in [0.3, 0.4) is 0 Å². The SMILES string of the molecule is CC(C)(C)CC(=O)N1CCCN(C(=O)C2CCC(=O)N2)CC1. The number of carbonyl (C=O) groups excluding carboxylic acids is 3. The molecule has 1 N–H and O–H groups in total. The first-order valence-corrected chi connectivity index (χ1v) is 8.12. The van der Waals surface area contributed by atoms with Crippen LogP contribution in [0.2, 0.25) is 0 Å². The number of nitrogens with one attached hydrogen (secondary N) is 1. The van der Waals surface area contributed by atoms with Crippen LogP contribution in [-0.2, 0) is 14.4 Å². The zero-order valence-corrected chi connectivity index (χ0v) is 13.9. The van der Waals surface area contributed by atoms with E-state index >= 15 is 0 Å². The first-order chi connectivity index (χ1) is 10.3. The zero-order valence-electron chi connectivity index (χ0n) is 13.9. The van der Waals surface area contributed by atoms with Crippen LogP contribution in [0.1, 0.15) is 46.5 Å². The van der Waals surface area contributed by atoms with Crippen LogP contribution < -0.4 is 5.32 Å². The Morgan fingerprint density at radius 1 is 1.14 bits per heavy atom. The van der Waals surface area contributed by atoms with Crippen molar-refractivity contribution in [3.63, 3.8) is 0 Å². The van der Waals surface area contributed by atoms with Crippen molar-refractivity contribution in [1.29, 1.82) is 0 Å². The molecule has 0 spiro atoms. The molecule has 0 aliphatic carbocycles.